The smallest absolute Gasteiger partial charge is 0.336 e. The predicted octanol–water partition coefficient (Wildman–Crippen LogP) is 2.46. The first kappa shape index (κ1) is 29.8. The Bertz CT molecular complexity index is 1320. The van der Waals surface area contributed by atoms with Gasteiger partial charge in [-0.05, 0) is 37.1 Å². The number of aliphatic hydroxyl groups is 2. The van der Waals surface area contributed by atoms with E-state index in [0.29, 0.717) is 28.3 Å². The number of esters is 2. The zero-order valence-corrected chi connectivity index (χ0v) is 22.6. The van der Waals surface area contributed by atoms with E-state index >= 15 is 0 Å². The fourth-order valence-electron chi connectivity index (χ4n) is 4.40. The van der Waals surface area contributed by atoms with Crippen molar-refractivity contribution in [3.05, 3.63) is 81.0 Å². The molecule has 39 heavy (non-hydrogen) atoms. The topological polar surface area (TPSA) is 166 Å². The number of carbonyl (C=O) groups excluding carboxylic acids is 2. The molecule has 1 heterocycles. The maximum Gasteiger partial charge on any atom is 0.336 e. The van der Waals surface area contributed by atoms with E-state index in [9.17, 15) is 29.0 Å². The van der Waals surface area contributed by atoms with Crippen LogP contribution in [-0.4, -0.2) is 69.2 Å². The third-order valence-corrected chi connectivity index (χ3v) is 7.79. The van der Waals surface area contributed by atoms with E-state index < -0.39 is 52.2 Å². The maximum atomic E-state index is 13.3. The number of nitro groups is 1. The van der Waals surface area contributed by atoms with E-state index in [0.717, 1.165) is 5.56 Å². The molecular weight excluding hydrogens is 528 g/mol. The average Bonchev–Trinajstić information content (AvgIpc) is 2.92. The number of allylic oxidation sites excluding steroid dienone is 1. The lowest BCUT2D eigenvalue weighted by Crippen LogP contribution is -2.36. The number of methoxy groups -OCH3 is 1. The number of rotatable bonds is 11. The number of aliphatic imine (C=N–C) groups is 1. The molecule has 1 aliphatic rings. The second kappa shape index (κ2) is 13.4. The van der Waals surface area contributed by atoms with Gasteiger partial charge in [0.25, 0.3) is 5.69 Å². The number of aliphatic hydroxyl groups excluding tert-OH is 2. The lowest BCUT2D eigenvalue weighted by molar-refractivity contribution is -0.384. The number of hydrogen-bond donors (Lipinski definition) is 2. The van der Waals surface area contributed by atoms with Crippen LogP contribution in [0.2, 0.25) is 0 Å². The van der Waals surface area contributed by atoms with Crippen molar-refractivity contribution in [1.82, 2.24) is 0 Å². The minimum Gasteiger partial charge on any atom is -0.468 e. The first-order valence-corrected chi connectivity index (χ1v) is 13.4. The van der Waals surface area contributed by atoms with Crippen molar-refractivity contribution in [2.24, 2.45) is 10.9 Å². The van der Waals surface area contributed by atoms with Crippen molar-refractivity contribution in [1.29, 1.82) is 0 Å². The number of non-ortho nitro benzene ring substituents is 1. The second-order valence-electron chi connectivity index (χ2n) is 8.96. The number of hydrogen-bond acceptors (Lipinski definition) is 10. The van der Waals surface area contributed by atoms with Gasteiger partial charge in [0.15, 0.2) is 0 Å². The summed E-state index contributed by atoms with van der Waals surface area (Å²) < 4.78 is 22.8. The van der Waals surface area contributed by atoms with Crippen LogP contribution < -0.4 is 0 Å². The Labute approximate surface area is 227 Å². The highest BCUT2D eigenvalue weighted by Gasteiger charge is 2.42. The van der Waals surface area contributed by atoms with Crippen LogP contribution in [0, 0.1) is 16.0 Å². The Balaban J connectivity index is 1.80. The van der Waals surface area contributed by atoms with Crippen LogP contribution in [0.1, 0.15) is 30.9 Å². The highest BCUT2D eigenvalue weighted by atomic mass is 32.2. The van der Waals surface area contributed by atoms with Gasteiger partial charge in [-0.1, -0.05) is 24.3 Å². The van der Waals surface area contributed by atoms with Crippen molar-refractivity contribution in [2.45, 2.75) is 37.2 Å². The molecule has 3 rings (SSSR count). The number of carbonyl (C=O) groups is 2. The van der Waals surface area contributed by atoms with Crippen LogP contribution >= 0.6 is 0 Å². The number of ether oxygens (including phenoxy) is 2. The van der Waals surface area contributed by atoms with Crippen molar-refractivity contribution in [2.75, 3.05) is 26.1 Å². The van der Waals surface area contributed by atoms with Gasteiger partial charge in [-0.25, -0.2) is 4.79 Å². The third kappa shape index (κ3) is 7.22. The Morgan fingerprint density at radius 3 is 2.49 bits per heavy atom. The first-order valence-electron chi connectivity index (χ1n) is 12.1. The molecule has 12 heteroatoms. The summed E-state index contributed by atoms with van der Waals surface area (Å²) in [4.78, 5) is 41.8. The van der Waals surface area contributed by atoms with Gasteiger partial charge in [-0.2, -0.15) is 0 Å². The molecule has 0 aliphatic carbocycles. The zero-order chi connectivity index (χ0) is 28.7. The second-order valence-corrected chi connectivity index (χ2v) is 10.5. The van der Waals surface area contributed by atoms with E-state index in [1.165, 1.54) is 25.3 Å². The van der Waals surface area contributed by atoms with Crippen LogP contribution in [0.3, 0.4) is 0 Å². The maximum absolute atomic E-state index is 13.3. The monoisotopic (exact) mass is 558 g/mol. The summed E-state index contributed by atoms with van der Waals surface area (Å²) in [5.41, 5.74) is 1.87. The Hall–Kier alpha value is -3.74. The van der Waals surface area contributed by atoms with Gasteiger partial charge in [0, 0.05) is 40.8 Å². The molecule has 4 atom stereocenters. The van der Waals surface area contributed by atoms with Crippen LogP contribution in [0.15, 0.2) is 69.7 Å². The molecule has 0 spiro atoms. The van der Waals surface area contributed by atoms with E-state index in [1.807, 2.05) is 0 Å². The lowest BCUT2D eigenvalue weighted by Gasteiger charge is -2.31. The molecular formula is C27H30N2O9S. The summed E-state index contributed by atoms with van der Waals surface area (Å²) in [5, 5.41) is 29.8. The van der Waals surface area contributed by atoms with Crippen LogP contribution in [0.5, 0.6) is 0 Å². The fraction of sp³-hybridized carbons (Fsp3) is 0.370. The summed E-state index contributed by atoms with van der Waals surface area (Å²) in [6.07, 6.45) is -0.728. The first-order chi connectivity index (χ1) is 18.6. The molecule has 0 aromatic heterocycles. The van der Waals surface area contributed by atoms with Gasteiger partial charge < -0.3 is 19.7 Å². The summed E-state index contributed by atoms with van der Waals surface area (Å²) >= 11 is 0. The standard InChI is InChI=1S/C27H30N2O9S/c1-16-23(26(32)37-3)25(19-5-4-6-20(13-19)29(34)35)24(17(2)28-16)27(33)38-12-11-18-7-9-22(10-8-18)39(36)15-21(31)14-30/h4-10,13,21,23,25,30-31H,11-12,14-15H2,1-3H3. The van der Waals surface area contributed by atoms with Gasteiger partial charge in [0.2, 0.25) is 0 Å². The molecule has 0 fully saturated rings. The molecule has 208 valence electrons. The lowest BCUT2D eigenvalue weighted by atomic mass is 9.75. The molecule has 0 bridgehead atoms. The number of nitrogens with zero attached hydrogens (tertiary/aromatic N) is 2. The molecule has 0 amide bonds. The van der Waals surface area contributed by atoms with Crippen molar-refractivity contribution < 1.29 is 38.4 Å². The van der Waals surface area contributed by atoms with Crippen LogP contribution in [0.4, 0.5) is 5.69 Å². The van der Waals surface area contributed by atoms with Crippen molar-refractivity contribution in [3.63, 3.8) is 0 Å². The molecule has 4 unspecified atom stereocenters. The molecule has 11 nitrogen and oxygen atoms in total. The van der Waals surface area contributed by atoms with Crippen LogP contribution in [-0.2, 0) is 36.3 Å². The molecule has 2 aromatic rings. The van der Waals surface area contributed by atoms with Gasteiger partial charge in [-0.3, -0.25) is 24.1 Å². The summed E-state index contributed by atoms with van der Waals surface area (Å²) in [6, 6.07) is 12.5. The highest BCUT2D eigenvalue weighted by Crippen LogP contribution is 2.40. The minimum absolute atomic E-state index is 0.00544. The molecule has 1 aliphatic heterocycles. The van der Waals surface area contributed by atoms with Crippen LogP contribution in [0.25, 0.3) is 0 Å². The van der Waals surface area contributed by atoms with E-state index in [-0.39, 0.29) is 23.6 Å². The van der Waals surface area contributed by atoms with Gasteiger partial charge in [0.05, 0.1) is 53.5 Å². The fourth-order valence-corrected chi connectivity index (χ4v) is 5.48. The molecule has 0 saturated carbocycles. The molecule has 0 radical (unpaired) electrons. The zero-order valence-electron chi connectivity index (χ0n) is 21.7. The van der Waals surface area contributed by atoms with Crippen molar-refractivity contribution >= 4 is 34.1 Å². The summed E-state index contributed by atoms with van der Waals surface area (Å²) in [7, 11) is -0.253. The molecule has 2 N–H and O–H groups in total. The largest absolute Gasteiger partial charge is 0.468 e. The Kier molecular flexibility index (Phi) is 10.2. The summed E-state index contributed by atoms with van der Waals surface area (Å²) in [5.74, 6) is -3.28. The summed E-state index contributed by atoms with van der Waals surface area (Å²) in [6.45, 7) is 2.77. The third-order valence-electron chi connectivity index (χ3n) is 6.31. The van der Waals surface area contributed by atoms with Gasteiger partial charge in [0.1, 0.15) is 5.92 Å². The number of nitro benzene ring substituents is 1. The van der Waals surface area contributed by atoms with Gasteiger partial charge >= 0.3 is 11.9 Å². The minimum atomic E-state index is -1.47. The Morgan fingerprint density at radius 1 is 1.18 bits per heavy atom. The normalized spacial score (nSPS) is 18.6. The predicted molar refractivity (Wildman–Crippen MR) is 143 cm³/mol. The van der Waals surface area contributed by atoms with Crippen molar-refractivity contribution in [3.8, 4) is 0 Å². The van der Waals surface area contributed by atoms with Gasteiger partial charge in [-0.15, -0.1) is 0 Å². The quantitative estimate of drug-likeness (QED) is 0.239. The SMILES string of the molecule is COC(=O)C1C(C)=NC(C)=C(C(=O)OCCc2ccc(S(=O)CC(O)CO)cc2)C1c1cccc([N+](=O)[O-])c1. The highest BCUT2D eigenvalue weighted by molar-refractivity contribution is 7.85. The molecule has 2 aromatic carbocycles. The number of benzene rings is 2. The molecule has 0 saturated heterocycles. The Morgan fingerprint density at radius 2 is 1.87 bits per heavy atom. The average molecular weight is 559 g/mol. The van der Waals surface area contributed by atoms with E-state index in [1.54, 1.807) is 44.2 Å². The van der Waals surface area contributed by atoms with E-state index in [2.05, 4.69) is 4.99 Å². The van der Waals surface area contributed by atoms with E-state index in [4.69, 9.17) is 14.6 Å².